The summed E-state index contributed by atoms with van der Waals surface area (Å²) in [5, 5.41) is 11.8. The average Bonchev–Trinajstić information content (AvgIpc) is 2.05. The van der Waals surface area contributed by atoms with Gasteiger partial charge in [-0.2, -0.15) is 0 Å². The molecule has 2 amide bonds. The van der Waals surface area contributed by atoms with Crippen LogP contribution in [0.3, 0.4) is 0 Å². The Morgan fingerprint density at radius 3 is 2.83 bits per heavy atom. The molecule has 0 spiro atoms. The fourth-order valence-electron chi connectivity index (χ4n) is 1.29. The zero-order chi connectivity index (χ0) is 9.19. The van der Waals surface area contributed by atoms with Crippen LogP contribution in [0.4, 0.5) is 4.79 Å². The van der Waals surface area contributed by atoms with Crippen molar-refractivity contribution in [3.8, 4) is 0 Å². The molecule has 0 atom stereocenters. The molecule has 1 aliphatic heterocycles. The van der Waals surface area contributed by atoms with Crippen molar-refractivity contribution in [2.75, 3.05) is 19.7 Å². The summed E-state index contributed by atoms with van der Waals surface area (Å²) in [6, 6.07) is -0.0692. The van der Waals surface area contributed by atoms with Crippen molar-refractivity contribution in [3.05, 3.63) is 0 Å². The van der Waals surface area contributed by atoms with E-state index in [0.717, 1.165) is 19.5 Å². The number of hydrogen-bond donors (Lipinski definition) is 2. The van der Waals surface area contributed by atoms with E-state index < -0.39 is 5.54 Å². The van der Waals surface area contributed by atoms with Gasteiger partial charge in [-0.3, -0.25) is 0 Å². The SMILES string of the molecule is CC(C)(CO)N1CCCNC1=O. The molecule has 1 heterocycles. The number of aliphatic hydroxyl groups excluding tert-OH is 1. The van der Waals surface area contributed by atoms with E-state index in [2.05, 4.69) is 5.32 Å². The quantitative estimate of drug-likeness (QED) is 0.624. The first-order valence-corrected chi connectivity index (χ1v) is 4.24. The van der Waals surface area contributed by atoms with E-state index in [4.69, 9.17) is 5.11 Å². The standard InChI is InChI=1S/C8H16N2O2/c1-8(2,6-11)10-5-3-4-9-7(10)12/h11H,3-6H2,1-2H3,(H,9,12). The van der Waals surface area contributed by atoms with Crippen LogP contribution in [0.25, 0.3) is 0 Å². The molecule has 1 fully saturated rings. The van der Waals surface area contributed by atoms with Crippen LogP contribution in [0.5, 0.6) is 0 Å². The van der Waals surface area contributed by atoms with E-state index in [9.17, 15) is 4.79 Å². The normalized spacial score (nSPS) is 19.2. The van der Waals surface area contributed by atoms with Gasteiger partial charge in [0.05, 0.1) is 12.1 Å². The molecular weight excluding hydrogens is 156 g/mol. The van der Waals surface area contributed by atoms with E-state index >= 15 is 0 Å². The number of rotatable bonds is 2. The maximum absolute atomic E-state index is 11.3. The molecule has 0 aromatic rings. The molecule has 0 aromatic carbocycles. The second kappa shape index (κ2) is 3.31. The van der Waals surface area contributed by atoms with Crippen LogP contribution in [-0.2, 0) is 0 Å². The number of nitrogens with one attached hydrogen (secondary N) is 1. The van der Waals surface area contributed by atoms with Gasteiger partial charge in [0.1, 0.15) is 0 Å². The molecule has 4 heteroatoms. The molecule has 12 heavy (non-hydrogen) atoms. The average molecular weight is 172 g/mol. The van der Waals surface area contributed by atoms with Gasteiger partial charge in [-0.15, -0.1) is 0 Å². The summed E-state index contributed by atoms with van der Waals surface area (Å²) < 4.78 is 0. The lowest BCUT2D eigenvalue weighted by Crippen LogP contribution is -2.57. The van der Waals surface area contributed by atoms with Crippen molar-refractivity contribution in [1.29, 1.82) is 0 Å². The molecule has 1 saturated heterocycles. The topological polar surface area (TPSA) is 52.6 Å². The molecule has 0 unspecified atom stereocenters. The minimum Gasteiger partial charge on any atom is -0.394 e. The van der Waals surface area contributed by atoms with Crippen molar-refractivity contribution >= 4 is 6.03 Å². The van der Waals surface area contributed by atoms with Crippen LogP contribution >= 0.6 is 0 Å². The first-order chi connectivity index (χ1) is 5.58. The fourth-order valence-corrected chi connectivity index (χ4v) is 1.29. The third-order valence-corrected chi connectivity index (χ3v) is 2.20. The Balaban J connectivity index is 2.65. The first-order valence-electron chi connectivity index (χ1n) is 4.24. The van der Waals surface area contributed by atoms with Crippen LogP contribution in [0, 0.1) is 0 Å². The van der Waals surface area contributed by atoms with Gasteiger partial charge in [-0.05, 0) is 20.3 Å². The Bertz CT molecular complexity index is 180. The van der Waals surface area contributed by atoms with E-state index in [1.807, 2.05) is 13.8 Å². The van der Waals surface area contributed by atoms with Crippen molar-refractivity contribution in [2.24, 2.45) is 0 Å². The lowest BCUT2D eigenvalue weighted by atomic mass is 10.0. The Hall–Kier alpha value is -0.770. The molecule has 0 saturated carbocycles. The van der Waals surface area contributed by atoms with Crippen molar-refractivity contribution < 1.29 is 9.90 Å². The summed E-state index contributed by atoms with van der Waals surface area (Å²) in [7, 11) is 0. The second-order valence-corrected chi connectivity index (χ2v) is 3.71. The highest BCUT2D eigenvalue weighted by Crippen LogP contribution is 2.15. The highest BCUT2D eigenvalue weighted by Gasteiger charge is 2.31. The molecule has 0 bridgehead atoms. The molecule has 1 rings (SSSR count). The number of urea groups is 1. The third kappa shape index (κ3) is 1.69. The zero-order valence-electron chi connectivity index (χ0n) is 7.63. The number of amides is 2. The Kier molecular flexibility index (Phi) is 2.57. The van der Waals surface area contributed by atoms with Crippen molar-refractivity contribution in [3.63, 3.8) is 0 Å². The van der Waals surface area contributed by atoms with Crippen LogP contribution < -0.4 is 5.32 Å². The van der Waals surface area contributed by atoms with Gasteiger partial charge in [0.15, 0.2) is 0 Å². The van der Waals surface area contributed by atoms with E-state index in [1.54, 1.807) is 4.90 Å². The van der Waals surface area contributed by atoms with Crippen LogP contribution in [0.2, 0.25) is 0 Å². The molecule has 1 aliphatic rings. The van der Waals surface area contributed by atoms with Gasteiger partial charge >= 0.3 is 6.03 Å². The largest absolute Gasteiger partial charge is 0.394 e. The van der Waals surface area contributed by atoms with Crippen LogP contribution in [0.1, 0.15) is 20.3 Å². The minimum atomic E-state index is -0.440. The van der Waals surface area contributed by atoms with E-state index in [1.165, 1.54) is 0 Å². The van der Waals surface area contributed by atoms with E-state index in [0.29, 0.717) is 0 Å². The Morgan fingerprint density at radius 1 is 1.67 bits per heavy atom. The predicted molar refractivity (Wildman–Crippen MR) is 45.9 cm³/mol. The number of carbonyl (C=O) groups excluding carboxylic acids is 1. The van der Waals surface area contributed by atoms with Crippen LogP contribution in [0.15, 0.2) is 0 Å². The fraction of sp³-hybridized carbons (Fsp3) is 0.875. The molecule has 70 valence electrons. The van der Waals surface area contributed by atoms with Gasteiger partial charge < -0.3 is 15.3 Å². The van der Waals surface area contributed by atoms with Gasteiger partial charge in [-0.1, -0.05) is 0 Å². The maximum atomic E-state index is 11.3. The lowest BCUT2D eigenvalue weighted by molar-refractivity contribution is 0.0717. The van der Waals surface area contributed by atoms with Crippen molar-refractivity contribution in [2.45, 2.75) is 25.8 Å². The summed E-state index contributed by atoms with van der Waals surface area (Å²) in [6.07, 6.45) is 0.954. The molecule has 2 N–H and O–H groups in total. The van der Waals surface area contributed by atoms with Gasteiger partial charge in [0.25, 0.3) is 0 Å². The molecular formula is C8H16N2O2. The second-order valence-electron chi connectivity index (χ2n) is 3.71. The van der Waals surface area contributed by atoms with Gasteiger partial charge in [-0.25, -0.2) is 4.79 Å². The number of carbonyl (C=O) groups is 1. The zero-order valence-corrected chi connectivity index (χ0v) is 7.63. The third-order valence-electron chi connectivity index (χ3n) is 2.20. The lowest BCUT2D eigenvalue weighted by Gasteiger charge is -2.39. The van der Waals surface area contributed by atoms with Gasteiger partial charge in [0.2, 0.25) is 0 Å². The summed E-state index contributed by atoms with van der Waals surface area (Å²) in [5.41, 5.74) is -0.440. The number of aliphatic hydroxyl groups is 1. The number of nitrogens with zero attached hydrogens (tertiary/aromatic N) is 1. The Labute approximate surface area is 72.6 Å². The number of hydrogen-bond acceptors (Lipinski definition) is 2. The molecule has 0 aliphatic carbocycles. The summed E-state index contributed by atoms with van der Waals surface area (Å²) in [6.45, 7) is 5.20. The summed E-state index contributed by atoms with van der Waals surface area (Å²) >= 11 is 0. The van der Waals surface area contributed by atoms with Gasteiger partial charge in [0, 0.05) is 13.1 Å². The molecule has 0 radical (unpaired) electrons. The van der Waals surface area contributed by atoms with Crippen LogP contribution in [-0.4, -0.2) is 41.3 Å². The Morgan fingerprint density at radius 2 is 2.33 bits per heavy atom. The summed E-state index contributed by atoms with van der Waals surface area (Å²) in [5.74, 6) is 0. The smallest absolute Gasteiger partial charge is 0.317 e. The monoisotopic (exact) mass is 172 g/mol. The molecule has 4 nitrogen and oxygen atoms in total. The highest BCUT2D eigenvalue weighted by atomic mass is 16.3. The highest BCUT2D eigenvalue weighted by molar-refractivity contribution is 5.75. The summed E-state index contributed by atoms with van der Waals surface area (Å²) in [4.78, 5) is 13.0. The predicted octanol–water partition coefficient (Wildman–Crippen LogP) is 0.173. The molecule has 0 aromatic heterocycles. The first kappa shape index (κ1) is 9.32. The minimum absolute atomic E-state index is 0.000417. The van der Waals surface area contributed by atoms with E-state index in [-0.39, 0.29) is 12.6 Å². The van der Waals surface area contributed by atoms with Crippen molar-refractivity contribution in [1.82, 2.24) is 10.2 Å². The maximum Gasteiger partial charge on any atom is 0.317 e.